The lowest BCUT2D eigenvalue weighted by atomic mass is 10.1. The number of benzene rings is 1. The van der Waals surface area contributed by atoms with Gasteiger partial charge in [0, 0.05) is 11.6 Å². The standard InChI is InChI=1S/C14H18ClNO3/c1-3-16(10-14(18)19-4-2)13(17)9-11-6-5-7-12(15)8-11/h5-8H,3-4,9-10H2,1-2H3. The molecule has 4 nitrogen and oxygen atoms in total. The van der Waals surface area contributed by atoms with Crippen LogP contribution in [-0.2, 0) is 20.7 Å². The summed E-state index contributed by atoms with van der Waals surface area (Å²) < 4.78 is 4.84. The predicted molar refractivity (Wildman–Crippen MR) is 74.0 cm³/mol. The van der Waals surface area contributed by atoms with Crippen LogP contribution in [0, 0.1) is 0 Å². The molecular weight excluding hydrogens is 266 g/mol. The van der Waals surface area contributed by atoms with E-state index in [-0.39, 0.29) is 24.8 Å². The Bertz CT molecular complexity index is 448. The van der Waals surface area contributed by atoms with Crippen LogP contribution in [0.4, 0.5) is 0 Å². The van der Waals surface area contributed by atoms with Gasteiger partial charge >= 0.3 is 5.97 Å². The highest BCUT2D eigenvalue weighted by Crippen LogP contribution is 2.12. The van der Waals surface area contributed by atoms with Gasteiger partial charge < -0.3 is 9.64 Å². The van der Waals surface area contributed by atoms with Crippen LogP contribution in [0.25, 0.3) is 0 Å². The van der Waals surface area contributed by atoms with E-state index in [9.17, 15) is 9.59 Å². The van der Waals surface area contributed by atoms with Gasteiger partial charge in [0.25, 0.3) is 0 Å². The zero-order valence-electron chi connectivity index (χ0n) is 11.2. The molecule has 0 aliphatic carbocycles. The molecule has 0 aliphatic heterocycles. The van der Waals surface area contributed by atoms with Crippen molar-refractivity contribution in [1.29, 1.82) is 0 Å². The van der Waals surface area contributed by atoms with E-state index in [2.05, 4.69) is 0 Å². The van der Waals surface area contributed by atoms with Crippen molar-refractivity contribution in [2.45, 2.75) is 20.3 Å². The second-order valence-electron chi connectivity index (χ2n) is 4.02. The van der Waals surface area contributed by atoms with Crippen molar-refractivity contribution in [2.24, 2.45) is 0 Å². The zero-order valence-corrected chi connectivity index (χ0v) is 11.9. The van der Waals surface area contributed by atoms with Crippen LogP contribution in [0.1, 0.15) is 19.4 Å². The van der Waals surface area contributed by atoms with E-state index in [0.29, 0.717) is 18.2 Å². The zero-order chi connectivity index (χ0) is 14.3. The van der Waals surface area contributed by atoms with Crippen LogP contribution in [-0.4, -0.2) is 36.5 Å². The number of hydrogen-bond donors (Lipinski definition) is 0. The molecule has 1 aromatic carbocycles. The van der Waals surface area contributed by atoms with Crippen molar-refractivity contribution in [2.75, 3.05) is 19.7 Å². The Morgan fingerprint density at radius 3 is 2.63 bits per heavy atom. The lowest BCUT2D eigenvalue weighted by Crippen LogP contribution is -2.37. The van der Waals surface area contributed by atoms with Crippen LogP contribution in [0.5, 0.6) is 0 Å². The molecule has 0 N–H and O–H groups in total. The smallest absolute Gasteiger partial charge is 0.325 e. The summed E-state index contributed by atoms with van der Waals surface area (Å²) in [5.74, 6) is -0.499. The summed E-state index contributed by atoms with van der Waals surface area (Å²) in [6.45, 7) is 4.35. The molecule has 0 aromatic heterocycles. The molecule has 0 saturated heterocycles. The summed E-state index contributed by atoms with van der Waals surface area (Å²) in [6.07, 6.45) is 0.230. The molecule has 1 rings (SSSR count). The molecule has 1 amide bonds. The summed E-state index contributed by atoms with van der Waals surface area (Å²) in [7, 11) is 0. The summed E-state index contributed by atoms with van der Waals surface area (Å²) >= 11 is 5.87. The largest absolute Gasteiger partial charge is 0.465 e. The molecule has 0 heterocycles. The highest BCUT2D eigenvalue weighted by molar-refractivity contribution is 6.30. The Morgan fingerprint density at radius 1 is 1.32 bits per heavy atom. The van der Waals surface area contributed by atoms with E-state index in [1.807, 2.05) is 13.0 Å². The maximum atomic E-state index is 12.1. The number of hydrogen-bond acceptors (Lipinski definition) is 3. The van der Waals surface area contributed by atoms with Gasteiger partial charge in [0.05, 0.1) is 13.0 Å². The predicted octanol–water partition coefficient (Wildman–Crippen LogP) is 2.29. The van der Waals surface area contributed by atoms with Crippen molar-refractivity contribution >= 4 is 23.5 Å². The van der Waals surface area contributed by atoms with Gasteiger partial charge in [-0.15, -0.1) is 0 Å². The van der Waals surface area contributed by atoms with E-state index in [4.69, 9.17) is 16.3 Å². The van der Waals surface area contributed by atoms with Crippen LogP contribution in [0.3, 0.4) is 0 Å². The second-order valence-corrected chi connectivity index (χ2v) is 4.46. The molecule has 0 atom stereocenters. The molecule has 0 bridgehead atoms. The number of carbonyl (C=O) groups is 2. The van der Waals surface area contributed by atoms with Gasteiger partial charge in [0.2, 0.25) is 5.91 Å². The normalized spacial score (nSPS) is 10.1. The van der Waals surface area contributed by atoms with Crippen molar-refractivity contribution < 1.29 is 14.3 Å². The van der Waals surface area contributed by atoms with Gasteiger partial charge in [-0.1, -0.05) is 23.7 Å². The highest BCUT2D eigenvalue weighted by atomic mass is 35.5. The first-order valence-electron chi connectivity index (χ1n) is 6.24. The molecular formula is C14H18ClNO3. The number of likely N-dealkylation sites (N-methyl/N-ethyl adjacent to an activating group) is 1. The number of ether oxygens (including phenoxy) is 1. The molecule has 0 saturated carbocycles. The third-order valence-electron chi connectivity index (χ3n) is 2.60. The van der Waals surface area contributed by atoms with Gasteiger partial charge in [-0.2, -0.15) is 0 Å². The van der Waals surface area contributed by atoms with Gasteiger partial charge in [-0.05, 0) is 31.5 Å². The van der Waals surface area contributed by atoms with E-state index in [1.165, 1.54) is 4.90 Å². The monoisotopic (exact) mass is 283 g/mol. The van der Waals surface area contributed by atoms with Crippen LogP contribution in [0.15, 0.2) is 24.3 Å². The molecule has 0 radical (unpaired) electrons. The molecule has 0 fully saturated rings. The number of halogens is 1. The average Bonchev–Trinajstić information content (AvgIpc) is 2.36. The number of esters is 1. The third kappa shape index (κ3) is 5.30. The summed E-state index contributed by atoms with van der Waals surface area (Å²) in [5, 5.41) is 0.596. The first-order chi connectivity index (χ1) is 9.06. The fourth-order valence-electron chi connectivity index (χ4n) is 1.67. The molecule has 0 unspecified atom stereocenters. The van der Waals surface area contributed by atoms with E-state index in [0.717, 1.165) is 5.56 Å². The maximum absolute atomic E-state index is 12.1. The number of carbonyl (C=O) groups excluding carboxylic acids is 2. The Labute approximate surface area is 118 Å². The lowest BCUT2D eigenvalue weighted by Gasteiger charge is -2.19. The topological polar surface area (TPSA) is 46.6 Å². The van der Waals surface area contributed by atoms with Crippen molar-refractivity contribution in [3.8, 4) is 0 Å². The molecule has 19 heavy (non-hydrogen) atoms. The fraction of sp³-hybridized carbons (Fsp3) is 0.429. The van der Waals surface area contributed by atoms with Gasteiger partial charge in [-0.25, -0.2) is 0 Å². The second kappa shape index (κ2) is 7.79. The SMILES string of the molecule is CCOC(=O)CN(CC)C(=O)Cc1cccc(Cl)c1. The summed E-state index contributed by atoms with van der Waals surface area (Å²) in [6, 6.07) is 7.14. The third-order valence-corrected chi connectivity index (χ3v) is 2.84. The summed E-state index contributed by atoms with van der Waals surface area (Å²) in [5.41, 5.74) is 0.833. The molecule has 5 heteroatoms. The van der Waals surface area contributed by atoms with Crippen molar-refractivity contribution in [3.05, 3.63) is 34.9 Å². The van der Waals surface area contributed by atoms with Crippen molar-refractivity contribution in [3.63, 3.8) is 0 Å². The fourth-order valence-corrected chi connectivity index (χ4v) is 1.89. The van der Waals surface area contributed by atoms with E-state index in [1.54, 1.807) is 25.1 Å². The first kappa shape index (κ1) is 15.5. The van der Waals surface area contributed by atoms with E-state index < -0.39 is 0 Å². The molecule has 1 aromatic rings. The molecule has 0 spiro atoms. The minimum absolute atomic E-state index is 0.0102. The Hall–Kier alpha value is -1.55. The number of nitrogens with zero attached hydrogens (tertiary/aromatic N) is 1. The highest BCUT2D eigenvalue weighted by Gasteiger charge is 2.16. The quantitative estimate of drug-likeness (QED) is 0.753. The van der Waals surface area contributed by atoms with Crippen LogP contribution in [0.2, 0.25) is 5.02 Å². The van der Waals surface area contributed by atoms with Crippen molar-refractivity contribution in [1.82, 2.24) is 4.90 Å². The van der Waals surface area contributed by atoms with Gasteiger partial charge in [-0.3, -0.25) is 9.59 Å². The lowest BCUT2D eigenvalue weighted by molar-refractivity contribution is -0.148. The number of rotatable bonds is 6. The minimum atomic E-state index is -0.385. The molecule has 104 valence electrons. The Balaban J connectivity index is 2.61. The Kier molecular flexibility index (Phi) is 6.36. The Morgan fingerprint density at radius 2 is 2.05 bits per heavy atom. The van der Waals surface area contributed by atoms with Crippen LogP contribution < -0.4 is 0 Å². The number of amides is 1. The van der Waals surface area contributed by atoms with Crippen LogP contribution >= 0.6 is 11.6 Å². The average molecular weight is 284 g/mol. The maximum Gasteiger partial charge on any atom is 0.325 e. The van der Waals surface area contributed by atoms with Gasteiger partial charge in [0.1, 0.15) is 6.54 Å². The first-order valence-corrected chi connectivity index (χ1v) is 6.62. The van der Waals surface area contributed by atoms with Gasteiger partial charge in [0.15, 0.2) is 0 Å². The van der Waals surface area contributed by atoms with E-state index >= 15 is 0 Å². The molecule has 0 aliphatic rings. The summed E-state index contributed by atoms with van der Waals surface area (Å²) in [4.78, 5) is 24.9. The minimum Gasteiger partial charge on any atom is -0.465 e.